The van der Waals surface area contributed by atoms with E-state index >= 15 is 0 Å². The van der Waals surface area contributed by atoms with Crippen molar-refractivity contribution < 1.29 is 9.13 Å². The van der Waals surface area contributed by atoms with Crippen molar-refractivity contribution in [1.82, 2.24) is 9.55 Å². The molecule has 0 unspecified atom stereocenters. The Bertz CT molecular complexity index is 1060. The number of aryl methyl sites for hydroxylation is 2. The summed E-state index contributed by atoms with van der Waals surface area (Å²) in [5.74, 6) is 0.424. The molecule has 0 radical (unpaired) electrons. The van der Waals surface area contributed by atoms with Crippen molar-refractivity contribution in [3.63, 3.8) is 0 Å². The molecule has 2 heterocycles. The molecule has 1 aliphatic rings. The van der Waals surface area contributed by atoms with Crippen molar-refractivity contribution >= 4 is 33.3 Å². The van der Waals surface area contributed by atoms with Crippen LogP contribution in [0.15, 0.2) is 46.9 Å². The molecule has 0 saturated carbocycles. The minimum absolute atomic E-state index is 0.0109. The van der Waals surface area contributed by atoms with Gasteiger partial charge < -0.3 is 4.74 Å². The van der Waals surface area contributed by atoms with Crippen LogP contribution >= 0.6 is 23.1 Å². The zero-order valence-corrected chi connectivity index (χ0v) is 16.4. The van der Waals surface area contributed by atoms with E-state index in [9.17, 15) is 9.18 Å². The molecule has 0 amide bonds. The van der Waals surface area contributed by atoms with E-state index in [1.165, 1.54) is 28.3 Å². The van der Waals surface area contributed by atoms with Crippen LogP contribution in [0.2, 0.25) is 0 Å². The van der Waals surface area contributed by atoms with E-state index in [2.05, 4.69) is 6.58 Å². The third-order valence-corrected chi connectivity index (χ3v) is 6.64. The number of ether oxygens (including phenoxy) is 1. The van der Waals surface area contributed by atoms with Crippen LogP contribution in [0.1, 0.15) is 16.9 Å². The highest BCUT2D eigenvalue weighted by atomic mass is 32.2. The molecule has 140 valence electrons. The highest BCUT2D eigenvalue weighted by Gasteiger charge is 2.23. The third-order valence-electron chi connectivity index (χ3n) is 4.51. The van der Waals surface area contributed by atoms with E-state index in [0.29, 0.717) is 24.1 Å². The SMILES string of the molecule is C=CCn1c(SCCOc2ccccc2F)nc2sc3c(c2c1=O)CCC3. The largest absolute Gasteiger partial charge is 0.490 e. The number of nitrogens with zero attached hydrogens (tertiary/aromatic N) is 2. The second-order valence-electron chi connectivity index (χ2n) is 6.26. The lowest BCUT2D eigenvalue weighted by Gasteiger charge is -2.11. The maximum Gasteiger partial charge on any atom is 0.263 e. The number of para-hydroxylation sites is 1. The predicted molar refractivity (Wildman–Crippen MR) is 109 cm³/mol. The lowest BCUT2D eigenvalue weighted by atomic mass is 10.2. The number of fused-ring (bicyclic) bond motifs is 3. The zero-order chi connectivity index (χ0) is 18.8. The summed E-state index contributed by atoms with van der Waals surface area (Å²) in [4.78, 5) is 19.9. The second-order valence-corrected chi connectivity index (χ2v) is 8.41. The number of hydrogen-bond donors (Lipinski definition) is 0. The van der Waals surface area contributed by atoms with Gasteiger partial charge in [-0.05, 0) is 37.0 Å². The van der Waals surface area contributed by atoms with Gasteiger partial charge >= 0.3 is 0 Å². The van der Waals surface area contributed by atoms with Crippen molar-refractivity contribution in [2.24, 2.45) is 0 Å². The smallest absolute Gasteiger partial charge is 0.263 e. The van der Waals surface area contributed by atoms with Crippen molar-refractivity contribution in [2.45, 2.75) is 31.0 Å². The molecule has 0 fully saturated rings. The normalized spacial score (nSPS) is 13.1. The fourth-order valence-corrected chi connectivity index (χ4v) is 5.43. The van der Waals surface area contributed by atoms with Crippen LogP contribution in [0, 0.1) is 5.82 Å². The fourth-order valence-electron chi connectivity index (χ4n) is 3.30. The molecule has 1 aromatic carbocycles. The first-order chi connectivity index (χ1) is 13.2. The van der Waals surface area contributed by atoms with Gasteiger partial charge in [-0.15, -0.1) is 17.9 Å². The molecule has 27 heavy (non-hydrogen) atoms. The standard InChI is InChI=1S/C20H19FN2O2S2/c1-2-10-23-19(24)17-13-6-5-9-16(13)27-18(17)22-20(23)26-12-11-25-15-8-4-3-7-14(15)21/h2-4,7-8H,1,5-6,9-12H2. The predicted octanol–water partition coefficient (Wildman–Crippen LogP) is 4.44. The van der Waals surface area contributed by atoms with Crippen LogP contribution in [-0.2, 0) is 19.4 Å². The summed E-state index contributed by atoms with van der Waals surface area (Å²) in [7, 11) is 0. The Morgan fingerprint density at radius 1 is 1.37 bits per heavy atom. The summed E-state index contributed by atoms with van der Waals surface area (Å²) in [5.41, 5.74) is 1.20. The highest BCUT2D eigenvalue weighted by Crippen LogP contribution is 2.35. The van der Waals surface area contributed by atoms with Crippen molar-refractivity contribution in [2.75, 3.05) is 12.4 Å². The van der Waals surface area contributed by atoms with Gasteiger partial charge in [-0.1, -0.05) is 30.0 Å². The van der Waals surface area contributed by atoms with Gasteiger partial charge in [0.2, 0.25) is 0 Å². The maximum absolute atomic E-state index is 13.6. The van der Waals surface area contributed by atoms with E-state index in [1.54, 1.807) is 40.2 Å². The van der Waals surface area contributed by atoms with Gasteiger partial charge in [-0.2, -0.15) is 0 Å². The first kappa shape index (κ1) is 18.3. The second kappa shape index (κ2) is 7.86. The Balaban J connectivity index is 1.55. The first-order valence-corrected chi connectivity index (χ1v) is 10.7. The Morgan fingerprint density at radius 3 is 3.04 bits per heavy atom. The molecule has 0 bridgehead atoms. The zero-order valence-electron chi connectivity index (χ0n) is 14.7. The first-order valence-electron chi connectivity index (χ1n) is 8.85. The summed E-state index contributed by atoms with van der Waals surface area (Å²) in [6.07, 6.45) is 4.82. The van der Waals surface area contributed by atoms with Crippen LogP contribution in [0.5, 0.6) is 5.75 Å². The summed E-state index contributed by atoms with van der Waals surface area (Å²) in [5, 5.41) is 1.44. The van der Waals surface area contributed by atoms with Crippen molar-refractivity contribution in [1.29, 1.82) is 0 Å². The Labute approximate surface area is 164 Å². The van der Waals surface area contributed by atoms with Gasteiger partial charge in [0, 0.05) is 17.2 Å². The molecule has 0 spiro atoms. The van der Waals surface area contributed by atoms with Crippen molar-refractivity contribution in [3.05, 3.63) is 63.5 Å². The average Bonchev–Trinajstić information content (AvgIpc) is 3.23. The third kappa shape index (κ3) is 3.53. The lowest BCUT2D eigenvalue weighted by molar-refractivity contribution is 0.325. The summed E-state index contributed by atoms with van der Waals surface area (Å²) >= 11 is 3.08. The molecule has 0 atom stereocenters. The number of halogens is 1. The molecule has 4 rings (SSSR count). The number of allylic oxidation sites excluding steroid dienone is 1. The molecule has 4 nitrogen and oxygen atoms in total. The minimum Gasteiger partial charge on any atom is -0.490 e. The Hall–Kier alpha value is -2.12. The Morgan fingerprint density at radius 2 is 2.22 bits per heavy atom. The number of thiophene rings is 1. The molecule has 0 saturated heterocycles. The van der Waals surface area contributed by atoms with E-state index in [0.717, 1.165) is 29.5 Å². The van der Waals surface area contributed by atoms with Crippen LogP contribution in [0.25, 0.3) is 10.2 Å². The van der Waals surface area contributed by atoms with Crippen LogP contribution in [-0.4, -0.2) is 21.9 Å². The molecule has 7 heteroatoms. The van der Waals surface area contributed by atoms with Crippen molar-refractivity contribution in [3.8, 4) is 5.75 Å². The monoisotopic (exact) mass is 402 g/mol. The number of aromatic nitrogens is 2. The molecular formula is C20H19FN2O2S2. The summed E-state index contributed by atoms with van der Waals surface area (Å²) in [6, 6.07) is 6.34. The fraction of sp³-hybridized carbons (Fsp3) is 0.300. The van der Waals surface area contributed by atoms with E-state index in [4.69, 9.17) is 9.72 Å². The van der Waals surface area contributed by atoms with Gasteiger partial charge in [0.15, 0.2) is 16.7 Å². The molecule has 2 aromatic heterocycles. The number of rotatable bonds is 7. The van der Waals surface area contributed by atoms with Gasteiger partial charge in [0.05, 0.1) is 12.0 Å². The highest BCUT2D eigenvalue weighted by molar-refractivity contribution is 7.99. The molecule has 0 aliphatic heterocycles. The van der Waals surface area contributed by atoms with Crippen LogP contribution in [0.4, 0.5) is 4.39 Å². The van der Waals surface area contributed by atoms with Gasteiger partial charge in [-0.3, -0.25) is 9.36 Å². The average molecular weight is 403 g/mol. The van der Waals surface area contributed by atoms with Gasteiger partial charge in [0.1, 0.15) is 4.83 Å². The van der Waals surface area contributed by atoms with Crippen LogP contribution in [0.3, 0.4) is 0 Å². The Kier molecular flexibility index (Phi) is 5.31. The molecule has 1 aliphatic carbocycles. The van der Waals surface area contributed by atoms with E-state index < -0.39 is 0 Å². The molecular weight excluding hydrogens is 383 g/mol. The summed E-state index contributed by atoms with van der Waals surface area (Å²) < 4.78 is 20.8. The van der Waals surface area contributed by atoms with Crippen LogP contribution < -0.4 is 10.3 Å². The van der Waals surface area contributed by atoms with Gasteiger partial charge in [0.25, 0.3) is 5.56 Å². The molecule has 3 aromatic rings. The van der Waals surface area contributed by atoms with Gasteiger partial charge in [-0.25, -0.2) is 9.37 Å². The summed E-state index contributed by atoms with van der Waals surface area (Å²) in [6.45, 7) is 4.51. The van der Waals surface area contributed by atoms with E-state index in [-0.39, 0.29) is 17.1 Å². The minimum atomic E-state index is -0.376. The number of benzene rings is 1. The number of thioether (sulfide) groups is 1. The quantitative estimate of drug-likeness (QED) is 0.254. The van der Waals surface area contributed by atoms with E-state index in [1.807, 2.05) is 0 Å². The molecule has 0 N–H and O–H groups in total. The number of hydrogen-bond acceptors (Lipinski definition) is 5. The topological polar surface area (TPSA) is 44.1 Å². The maximum atomic E-state index is 13.6. The lowest BCUT2D eigenvalue weighted by Crippen LogP contribution is -2.23.